The molecule has 3 rings (SSSR count). The molecule has 0 radical (unpaired) electrons. The average molecular weight is 514 g/mol. The summed E-state index contributed by atoms with van der Waals surface area (Å²) in [6, 6.07) is 11.4. The molecule has 2 atom stereocenters. The lowest BCUT2D eigenvalue weighted by atomic mass is 9.78. The molecule has 180 valence electrons. The molecule has 0 fully saturated rings. The van der Waals surface area contributed by atoms with Gasteiger partial charge >= 0.3 is 12.1 Å². The van der Waals surface area contributed by atoms with Gasteiger partial charge in [-0.3, -0.25) is 0 Å². The summed E-state index contributed by atoms with van der Waals surface area (Å²) in [4.78, 5) is 15.5. The van der Waals surface area contributed by atoms with Gasteiger partial charge in [0.15, 0.2) is 5.60 Å². The molecular weight excluding hydrogens is 494 g/mol. The lowest BCUT2D eigenvalue weighted by Gasteiger charge is -2.36. The first kappa shape index (κ1) is 25.8. The number of benzene rings is 2. The fourth-order valence-electron chi connectivity index (χ4n) is 3.64. The Balaban J connectivity index is 2.02. The van der Waals surface area contributed by atoms with E-state index in [0.717, 1.165) is 12.3 Å². The highest BCUT2D eigenvalue weighted by Gasteiger charge is 2.59. The Labute approximate surface area is 204 Å². The molecule has 0 spiro atoms. The minimum absolute atomic E-state index is 0.0160. The Morgan fingerprint density at radius 3 is 2.09 bits per heavy atom. The number of carbonyl (C=O) groups is 1. The van der Waals surface area contributed by atoms with Gasteiger partial charge in [0.2, 0.25) is 5.88 Å². The molecule has 1 aromatic heterocycles. The zero-order valence-corrected chi connectivity index (χ0v) is 19.8. The van der Waals surface area contributed by atoms with E-state index in [-0.39, 0.29) is 27.1 Å². The van der Waals surface area contributed by atoms with Gasteiger partial charge in [-0.1, -0.05) is 48.3 Å². The first-order valence-electron chi connectivity index (χ1n) is 9.91. The van der Waals surface area contributed by atoms with Crippen LogP contribution in [0, 0.1) is 0 Å². The maximum Gasteiger partial charge on any atom is 0.422 e. The van der Waals surface area contributed by atoms with Gasteiger partial charge in [-0.15, -0.1) is 0 Å². The third-order valence-electron chi connectivity index (χ3n) is 5.62. The van der Waals surface area contributed by atoms with Gasteiger partial charge < -0.3 is 14.6 Å². The first-order valence-corrected chi connectivity index (χ1v) is 10.7. The Bertz CT molecular complexity index is 1200. The molecule has 0 saturated heterocycles. The number of hydrogen-bond donors (Lipinski definition) is 1. The van der Waals surface area contributed by atoms with Crippen molar-refractivity contribution in [1.29, 1.82) is 0 Å². The van der Waals surface area contributed by atoms with E-state index in [1.165, 1.54) is 51.5 Å². The fourth-order valence-corrected chi connectivity index (χ4v) is 4.24. The molecule has 0 aliphatic heterocycles. The zero-order chi connectivity index (χ0) is 25.3. The molecule has 2 unspecified atom stereocenters. The van der Waals surface area contributed by atoms with Crippen molar-refractivity contribution in [2.75, 3.05) is 14.2 Å². The number of methoxy groups -OCH3 is 2. The highest BCUT2D eigenvalue weighted by atomic mass is 35.5. The number of esters is 1. The van der Waals surface area contributed by atoms with E-state index >= 15 is 0 Å². The van der Waals surface area contributed by atoms with Crippen LogP contribution in [0.25, 0.3) is 11.1 Å². The topological polar surface area (TPSA) is 68.7 Å². The number of pyridine rings is 1. The minimum Gasteiger partial charge on any atom is -0.481 e. The van der Waals surface area contributed by atoms with E-state index in [2.05, 4.69) is 9.72 Å². The standard InChI is InChI=1S/C24H20Cl2F3NO4/c1-13(23(32,24(27,28)29)16-6-9-21(33-2)30-12-16)17-7-4-14(10-19(17)25)15-5-8-18(20(26)11-15)22(31)34-3/h4-13,32H,1-3H3. The molecule has 1 N–H and O–H groups in total. The van der Waals surface area contributed by atoms with Crippen LogP contribution in [-0.4, -0.2) is 36.5 Å². The van der Waals surface area contributed by atoms with Gasteiger partial charge in [-0.05, 0) is 41.0 Å². The predicted molar refractivity (Wildman–Crippen MR) is 122 cm³/mol. The number of carbonyl (C=O) groups excluding carboxylic acids is 1. The number of aromatic nitrogens is 1. The van der Waals surface area contributed by atoms with Crippen LogP contribution >= 0.6 is 23.2 Å². The summed E-state index contributed by atoms with van der Waals surface area (Å²) in [6.07, 6.45) is -4.10. The molecule has 10 heteroatoms. The quantitative estimate of drug-likeness (QED) is 0.386. The molecule has 2 aromatic carbocycles. The Morgan fingerprint density at radius 2 is 1.62 bits per heavy atom. The Morgan fingerprint density at radius 1 is 1.00 bits per heavy atom. The number of halogens is 5. The lowest BCUT2D eigenvalue weighted by Crippen LogP contribution is -2.46. The average Bonchev–Trinajstić information content (AvgIpc) is 2.81. The number of nitrogens with zero attached hydrogens (tertiary/aromatic N) is 1. The van der Waals surface area contributed by atoms with Gasteiger partial charge in [0.1, 0.15) is 0 Å². The molecule has 0 bridgehead atoms. The highest BCUT2D eigenvalue weighted by molar-refractivity contribution is 6.34. The summed E-state index contributed by atoms with van der Waals surface area (Å²) in [5.41, 5.74) is -2.31. The summed E-state index contributed by atoms with van der Waals surface area (Å²) >= 11 is 12.6. The summed E-state index contributed by atoms with van der Waals surface area (Å²) in [6.45, 7) is 1.24. The second kappa shape index (κ2) is 9.82. The van der Waals surface area contributed by atoms with E-state index in [1.54, 1.807) is 12.1 Å². The van der Waals surface area contributed by atoms with Crippen LogP contribution in [-0.2, 0) is 10.3 Å². The number of rotatable bonds is 6. The molecule has 1 heterocycles. The SMILES string of the molecule is COC(=O)c1ccc(-c2ccc(C(C)C(O)(c3ccc(OC)nc3)C(F)(F)F)c(Cl)c2)cc1Cl. The molecule has 34 heavy (non-hydrogen) atoms. The first-order chi connectivity index (χ1) is 15.9. The number of ether oxygens (including phenoxy) is 2. The summed E-state index contributed by atoms with van der Waals surface area (Å²) in [7, 11) is 2.56. The fraction of sp³-hybridized carbons (Fsp3) is 0.250. The van der Waals surface area contributed by atoms with Crippen LogP contribution in [0.2, 0.25) is 10.0 Å². The van der Waals surface area contributed by atoms with Gasteiger partial charge in [0, 0.05) is 28.8 Å². The number of aliphatic hydroxyl groups is 1. The Kier molecular flexibility index (Phi) is 7.45. The van der Waals surface area contributed by atoms with Crippen molar-refractivity contribution in [3.63, 3.8) is 0 Å². The molecular formula is C24H20Cl2F3NO4. The van der Waals surface area contributed by atoms with Crippen LogP contribution < -0.4 is 4.74 Å². The molecule has 3 aromatic rings. The van der Waals surface area contributed by atoms with Crippen LogP contribution in [0.15, 0.2) is 54.7 Å². The lowest BCUT2D eigenvalue weighted by molar-refractivity contribution is -0.274. The molecule has 0 amide bonds. The van der Waals surface area contributed by atoms with Crippen molar-refractivity contribution in [2.45, 2.75) is 24.6 Å². The van der Waals surface area contributed by atoms with Crippen LogP contribution in [0.1, 0.15) is 34.3 Å². The maximum absolute atomic E-state index is 14.2. The summed E-state index contributed by atoms with van der Waals surface area (Å²) in [5, 5.41) is 11.1. The second-order valence-corrected chi connectivity index (χ2v) is 8.31. The highest BCUT2D eigenvalue weighted by Crippen LogP contribution is 2.50. The number of hydrogen-bond acceptors (Lipinski definition) is 5. The van der Waals surface area contributed by atoms with Crippen LogP contribution in [0.5, 0.6) is 5.88 Å². The van der Waals surface area contributed by atoms with Crippen molar-refractivity contribution >= 4 is 29.2 Å². The van der Waals surface area contributed by atoms with E-state index in [0.29, 0.717) is 11.1 Å². The Hall–Kier alpha value is -2.81. The van der Waals surface area contributed by atoms with Crippen molar-refractivity contribution < 1.29 is 32.5 Å². The maximum atomic E-state index is 14.2. The summed E-state index contributed by atoms with van der Waals surface area (Å²) < 4.78 is 52.0. The molecule has 0 aliphatic rings. The molecule has 0 aliphatic carbocycles. The van der Waals surface area contributed by atoms with Crippen molar-refractivity contribution in [2.24, 2.45) is 0 Å². The number of alkyl halides is 3. The third kappa shape index (κ3) is 4.71. The zero-order valence-electron chi connectivity index (χ0n) is 18.3. The summed E-state index contributed by atoms with van der Waals surface area (Å²) in [5.74, 6) is -1.96. The van der Waals surface area contributed by atoms with Gasteiger partial charge in [-0.25, -0.2) is 9.78 Å². The van der Waals surface area contributed by atoms with E-state index in [4.69, 9.17) is 27.9 Å². The van der Waals surface area contributed by atoms with E-state index in [9.17, 15) is 23.1 Å². The monoisotopic (exact) mass is 513 g/mol. The third-order valence-corrected chi connectivity index (χ3v) is 6.26. The molecule has 5 nitrogen and oxygen atoms in total. The van der Waals surface area contributed by atoms with E-state index in [1.807, 2.05) is 0 Å². The molecule has 0 saturated carbocycles. The second-order valence-electron chi connectivity index (χ2n) is 7.50. The van der Waals surface area contributed by atoms with Gasteiger partial charge in [0.25, 0.3) is 0 Å². The van der Waals surface area contributed by atoms with Crippen molar-refractivity contribution in [3.8, 4) is 17.0 Å². The van der Waals surface area contributed by atoms with Crippen LogP contribution in [0.4, 0.5) is 13.2 Å². The van der Waals surface area contributed by atoms with Gasteiger partial charge in [-0.2, -0.15) is 13.2 Å². The van der Waals surface area contributed by atoms with Gasteiger partial charge in [0.05, 0.1) is 24.8 Å². The van der Waals surface area contributed by atoms with E-state index < -0.39 is 29.2 Å². The normalized spacial score (nSPS) is 14.3. The van der Waals surface area contributed by atoms with Crippen LogP contribution in [0.3, 0.4) is 0 Å². The minimum atomic E-state index is -5.03. The predicted octanol–water partition coefficient (Wildman–Crippen LogP) is 6.40. The van der Waals surface area contributed by atoms with Crippen molar-refractivity contribution in [1.82, 2.24) is 4.98 Å². The smallest absolute Gasteiger partial charge is 0.422 e. The largest absolute Gasteiger partial charge is 0.481 e. The van der Waals surface area contributed by atoms with Crippen molar-refractivity contribution in [3.05, 3.63) is 81.5 Å².